The minimum Gasteiger partial charge on any atom is -0.247 e. The van der Waals surface area contributed by atoms with Crippen molar-refractivity contribution >= 4 is 22.9 Å². The number of hydrogen-bond acceptors (Lipinski definition) is 1. The van der Waals surface area contributed by atoms with E-state index in [0.29, 0.717) is 0 Å². The second-order valence-electron chi connectivity index (χ2n) is 3.28. The number of halogens is 1. The predicted octanol–water partition coefficient (Wildman–Crippen LogP) is 2.07. The van der Waals surface area contributed by atoms with Gasteiger partial charge in [0.05, 0.1) is 0 Å². The van der Waals surface area contributed by atoms with Crippen LogP contribution in [0.5, 0.6) is 0 Å². The van der Waals surface area contributed by atoms with Crippen molar-refractivity contribution in [1.82, 2.24) is 3.11 Å². The van der Waals surface area contributed by atoms with Crippen molar-refractivity contribution in [3.63, 3.8) is 0 Å². The van der Waals surface area contributed by atoms with Crippen LogP contribution in [0.2, 0.25) is 0 Å². The highest BCUT2D eigenvalue weighted by Gasteiger charge is 2.34. The Labute approximate surface area is 70.3 Å². The van der Waals surface area contributed by atoms with E-state index in [0.717, 1.165) is 11.8 Å². The van der Waals surface area contributed by atoms with E-state index in [1.807, 2.05) is 0 Å². The minimum absolute atomic E-state index is 1.07. The highest BCUT2D eigenvalue weighted by Crippen LogP contribution is 2.38. The van der Waals surface area contributed by atoms with E-state index in [-0.39, 0.29) is 0 Å². The van der Waals surface area contributed by atoms with Gasteiger partial charge in [-0.1, -0.05) is 6.42 Å². The summed E-state index contributed by atoms with van der Waals surface area (Å²) in [6.45, 7) is 2.73. The summed E-state index contributed by atoms with van der Waals surface area (Å²) in [6.07, 6.45) is 4.51. The van der Waals surface area contributed by atoms with Crippen LogP contribution in [0.25, 0.3) is 0 Å². The third-order valence-electron chi connectivity index (χ3n) is 2.68. The highest BCUT2D eigenvalue weighted by atomic mass is 127. The van der Waals surface area contributed by atoms with E-state index in [1.54, 1.807) is 0 Å². The molecule has 0 aromatic heterocycles. The number of rotatable bonds is 0. The molecule has 0 radical (unpaired) electrons. The van der Waals surface area contributed by atoms with Crippen LogP contribution in [-0.4, -0.2) is 16.2 Å². The Bertz CT molecular complexity index is 103. The zero-order chi connectivity index (χ0) is 6.27. The molecule has 0 spiro atoms. The van der Waals surface area contributed by atoms with E-state index in [2.05, 4.69) is 26.0 Å². The molecule has 52 valence electrons. The van der Waals surface area contributed by atoms with Crippen LogP contribution in [0.3, 0.4) is 0 Å². The molecule has 1 aliphatic carbocycles. The van der Waals surface area contributed by atoms with Crippen LogP contribution in [0.4, 0.5) is 0 Å². The smallest absolute Gasteiger partial charge is 0.0201 e. The summed E-state index contributed by atoms with van der Waals surface area (Å²) in [4.78, 5) is 0. The molecule has 1 saturated heterocycles. The maximum absolute atomic E-state index is 2.45. The standard InChI is InChI=1S/C7H12IN/c8-9-4-6-2-1-3-7(6)5-9/h6-7H,1-5H2. The minimum atomic E-state index is 1.07. The van der Waals surface area contributed by atoms with Crippen molar-refractivity contribution in [2.45, 2.75) is 19.3 Å². The molecule has 1 aliphatic heterocycles. The number of fused-ring (bicyclic) bond motifs is 1. The van der Waals surface area contributed by atoms with E-state index in [9.17, 15) is 0 Å². The average molecular weight is 237 g/mol. The highest BCUT2D eigenvalue weighted by molar-refractivity contribution is 14.1. The van der Waals surface area contributed by atoms with Crippen LogP contribution < -0.4 is 0 Å². The van der Waals surface area contributed by atoms with E-state index in [1.165, 1.54) is 32.4 Å². The fourth-order valence-corrected chi connectivity index (χ4v) is 3.19. The first-order chi connectivity index (χ1) is 4.36. The summed E-state index contributed by atoms with van der Waals surface area (Å²) < 4.78 is 2.45. The molecule has 0 amide bonds. The van der Waals surface area contributed by atoms with Crippen molar-refractivity contribution in [2.24, 2.45) is 11.8 Å². The van der Waals surface area contributed by atoms with Gasteiger partial charge in [0.2, 0.25) is 0 Å². The predicted molar refractivity (Wildman–Crippen MR) is 46.4 cm³/mol. The second-order valence-corrected chi connectivity index (χ2v) is 4.64. The monoisotopic (exact) mass is 237 g/mol. The molecule has 2 unspecified atom stereocenters. The van der Waals surface area contributed by atoms with Gasteiger partial charge in [-0.3, -0.25) is 0 Å². The molecular weight excluding hydrogens is 225 g/mol. The van der Waals surface area contributed by atoms with Gasteiger partial charge in [0.15, 0.2) is 0 Å². The van der Waals surface area contributed by atoms with Gasteiger partial charge >= 0.3 is 0 Å². The SMILES string of the molecule is IN1CC2CCCC2C1. The van der Waals surface area contributed by atoms with Crippen LogP contribution in [0, 0.1) is 11.8 Å². The Hall–Kier alpha value is 0.690. The molecule has 2 rings (SSSR count). The lowest BCUT2D eigenvalue weighted by atomic mass is 10.0. The van der Waals surface area contributed by atoms with Gasteiger partial charge in [0, 0.05) is 36.0 Å². The van der Waals surface area contributed by atoms with Crippen molar-refractivity contribution in [3.8, 4) is 0 Å². The molecule has 1 nitrogen and oxygen atoms in total. The van der Waals surface area contributed by atoms with Gasteiger partial charge in [0.1, 0.15) is 0 Å². The largest absolute Gasteiger partial charge is 0.247 e. The van der Waals surface area contributed by atoms with E-state index >= 15 is 0 Å². The molecule has 0 aromatic rings. The molecule has 2 heteroatoms. The van der Waals surface area contributed by atoms with Crippen LogP contribution in [0.15, 0.2) is 0 Å². The summed E-state index contributed by atoms with van der Waals surface area (Å²) in [5, 5.41) is 0. The summed E-state index contributed by atoms with van der Waals surface area (Å²) in [5.41, 5.74) is 0. The lowest BCUT2D eigenvalue weighted by molar-refractivity contribution is 0.494. The van der Waals surface area contributed by atoms with Gasteiger partial charge in [-0.15, -0.1) is 0 Å². The second kappa shape index (κ2) is 2.38. The molecule has 0 N–H and O–H groups in total. The Morgan fingerprint density at radius 1 is 1.11 bits per heavy atom. The van der Waals surface area contributed by atoms with E-state index < -0.39 is 0 Å². The molecule has 1 saturated carbocycles. The first kappa shape index (κ1) is 6.40. The Morgan fingerprint density at radius 2 is 1.67 bits per heavy atom. The molecule has 0 aromatic carbocycles. The van der Waals surface area contributed by atoms with Gasteiger partial charge in [-0.05, 0) is 24.7 Å². The Morgan fingerprint density at radius 3 is 2.22 bits per heavy atom. The molecule has 0 bridgehead atoms. The summed E-state index contributed by atoms with van der Waals surface area (Å²) in [7, 11) is 0. The lowest BCUT2D eigenvalue weighted by Crippen LogP contribution is -2.06. The van der Waals surface area contributed by atoms with Crippen molar-refractivity contribution in [3.05, 3.63) is 0 Å². The normalized spacial score (nSPS) is 43.7. The van der Waals surface area contributed by atoms with Gasteiger partial charge < -0.3 is 0 Å². The van der Waals surface area contributed by atoms with Crippen LogP contribution >= 0.6 is 22.9 Å². The summed E-state index contributed by atoms with van der Waals surface area (Å²) in [6, 6.07) is 0. The molecule has 1 heterocycles. The Balaban J connectivity index is 2.02. The van der Waals surface area contributed by atoms with Gasteiger partial charge in [0.25, 0.3) is 0 Å². The van der Waals surface area contributed by atoms with Gasteiger partial charge in [-0.2, -0.15) is 0 Å². The molecule has 9 heavy (non-hydrogen) atoms. The van der Waals surface area contributed by atoms with Crippen LogP contribution in [0.1, 0.15) is 19.3 Å². The van der Waals surface area contributed by atoms with Crippen molar-refractivity contribution in [2.75, 3.05) is 13.1 Å². The molecule has 2 atom stereocenters. The van der Waals surface area contributed by atoms with Gasteiger partial charge in [-0.25, -0.2) is 3.11 Å². The topological polar surface area (TPSA) is 3.24 Å². The first-order valence-corrected chi connectivity index (χ1v) is 4.73. The fraction of sp³-hybridized carbons (Fsp3) is 1.00. The lowest BCUT2D eigenvalue weighted by Gasteiger charge is -2.03. The molecule has 2 aliphatic rings. The zero-order valence-corrected chi connectivity index (χ0v) is 7.67. The summed E-state index contributed by atoms with van der Waals surface area (Å²) >= 11 is 2.45. The van der Waals surface area contributed by atoms with Crippen molar-refractivity contribution < 1.29 is 0 Å². The quantitative estimate of drug-likeness (QED) is 0.460. The fourth-order valence-electron chi connectivity index (χ4n) is 2.18. The third-order valence-corrected chi connectivity index (χ3v) is 3.47. The number of hydrogen-bond donors (Lipinski definition) is 0. The zero-order valence-electron chi connectivity index (χ0n) is 5.52. The maximum Gasteiger partial charge on any atom is 0.0201 e. The summed E-state index contributed by atoms with van der Waals surface area (Å²) in [5.74, 6) is 2.14. The third kappa shape index (κ3) is 1.11. The first-order valence-electron chi connectivity index (χ1n) is 3.77. The molecular formula is C7H12IN. The van der Waals surface area contributed by atoms with E-state index in [4.69, 9.17) is 0 Å². The maximum atomic E-state index is 2.45. The van der Waals surface area contributed by atoms with Crippen LogP contribution in [-0.2, 0) is 0 Å². The number of nitrogens with zero attached hydrogens (tertiary/aromatic N) is 1. The Kier molecular flexibility index (Phi) is 1.69. The van der Waals surface area contributed by atoms with Crippen molar-refractivity contribution in [1.29, 1.82) is 0 Å². The average Bonchev–Trinajstić information content (AvgIpc) is 2.22. The molecule has 2 fully saturated rings.